The average molecular weight is 244 g/mol. The molecule has 1 unspecified atom stereocenters. The second-order valence-electron chi connectivity index (χ2n) is 4.65. The average Bonchev–Trinajstić information content (AvgIpc) is 2.38. The normalized spacial score (nSPS) is 21.3. The molecular formula is C12H24N2O3. The molecule has 100 valence electrons. The van der Waals surface area contributed by atoms with Gasteiger partial charge in [0.15, 0.2) is 0 Å². The first-order valence-corrected chi connectivity index (χ1v) is 6.25. The van der Waals surface area contributed by atoms with Gasteiger partial charge in [0.1, 0.15) is 5.60 Å². The monoisotopic (exact) mass is 244 g/mol. The Balaban J connectivity index is 2.51. The van der Waals surface area contributed by atoms with Crippen molar-refractivity contribution in [3.05, 3.63) is 0 Å². The summed E-state index contributed by atoms with van der Waals surface area (Å²) >= 11 is 0. The first kappa shape index (κ1) is 14.4. The number of hydrogen-bond acceptors (Lipinski definition) is 4. The third kappa shape index (κ3) is 3.40. The fourth-order valence-electron chi connectivity index (χ4n) is 2.03. The number of β-amino-alcohol motifs (C(OH)–C–C–N with tert-alkyl or cyclic N) is 1. The number of carbonyl (C=O) groups is 1. The van der Waals surface area contributed by atoms with Gasteiger partial charge in [-0.3, -0.25) is 9.69 Å². The van der Waals surface area contributed by atoms with Crippen LogP contribution >= 0.6 is 0 Å². The highest BCUT2D eigenvalue weighted by Gasteiger charge is 2.36. The maximum atomic E-state index is 12.3. The molecular weight excluding hydrogens is 220 g/mol. The Labute approximate surface area is 103 Å². The van der Waals surface area contributed by atoms with Crippen LogP contribution in [0.1, 0.15) is 20.3 Å². The number of rotatable bonds is 5. The van der Waals surface area contributed by atoms with Crippen LogP contribution in [0.25, 0.3) is 0 Å². The van der Waals surface area contributed by atoms with Crippen molar-refractivity contribution in [2.24, 2.45) is 0 Å². The molecule has 0 aromatic carbocycles. The summed E-state index contributed by atoms with van der Waals surface area (Å²) in [5.41, 5.74) is -0.695. The first-order valence-electron chi connectivity index (χ1n) is 6.25. The van der Waals surface area contributed by atoms with E-state index in [1.165, 1.54) is 0 Å². The van der Waals surface area contributed by atoms with Crippen molar-refractivity contribution in [2.75, 3.05) is 46.4 Å². The summed E-state index contributed by atoms with van der Waals surface area (Å²) in [6, 6.07) is 0. The standard InChI is InChI=1S/C12H24N2O3/c1-4-12(2,17-3)11(16)14-7-5-13(6-8-14)9-10-15/h15H,4-10H2,1-3H3. The van der Waals surface area contributed by atoms with Crippen LogP contribution in [0.15, 0.2) is 0 Å². The number of hydrogen-bond donors (Lipinski definition) is 1. The van der Waals surface area contributed by atoms with E-state index in [4.69, 9.17) is 9.84 Å². The predicted octanol–water partition coefficient (Wildman–Crippen LogP) is -0.0620. The lowest BCUT2D eigenvalue weighted by molar-refractivity contribution is -0.155. The third-order valence-corrected chi connectivity index (χ3v) is 3.65. The number of carbonyl (C=O) groups excluding carboxylic acids is 1. The van der Waals surface area contributed by atoms with E-state index in [1.807, 2.05) is 18.7 Å². The van der Waals surface area contributed by atoms with Gasteiger partial charge in [0.25, 0.3) is 5.91 Å². The van der Waals surface area contributed by atoms with Gasteiger partial charge >= 0.3 is 0 Å². The molecule has 0 radical (unpaired) electrons. The SMILES string of the molecule is CCC(C)(OC)C(=O)N1CCN(CCO)CC1. The van der Waals surface area contributed by atoms with Gasteiger partial charge in [-0.15, -0.1) is 0 Å². The van der Waals surface area contributed by atoms with Crippen molar-refractivity contribution in [3.63, 3.8) is 0 Å². The van der Waals surface area contributed by atoms with Crippen LogP contribution in [-0.4, -0.2) is 72.9 Å². The quantitative estimate of drug-likeness (QED) is 0.736. The number of ether oxygens (including phenoxy) is 1. The lowest BCUT2D eigenvalue weighted by Gasteiger charge is -2.38. The predicted molar refractivity (Wildman–Crippen MR) is 65.8 cm³/mol. The Morgan fingerprint density at radius 2 is 1.94 bits per heavy atom. The van der Waals surface area contributed by atoms with E-state index in [2.05, 4.69) is 4.90 Å². The van der Waals surface area contributed by atoms with Crippen LogP contribution in [0, 0.1) is 0 Å². The minimum atomic E-state index is -0.695. The van der Waals surface area contributed by atoms with Crippen molar-refractivity contribution < 1.29 is 14.6 Å². The number of piperazine rings is 1. The van der Waals surface area contributed by atoms with Gasteiger partial charge in [-0.1, -0.05) is 6.92 Å². The molecule has 1 heterocycles. The molecule has 1 fully saturated rings. The number of amides is 1. The molecule has 0 bridgehead atoms. The summed E-state index contributed by atoms with van der Waals surface area (Å²) in [7, 11) is 1.59. The fourth-order valence-corrected chi connectivity index (χ4v) is 2.03. The van der Waals surface area contributed by atoms with Gasteiger partial charge in [0, 0.05) is 39.8 Å². The van der Waals surface area contributed by atoms with Crippen molar-refractivity contribution >= 4 is 5.91 Å². The second-order valence-corrected chi connectivity index (χ2v) is 4.65. The van der Waals surface area contributed by atoms with Crippen molar-refractivity contribution in [1.29, 1.82) is 0 Å². The molecule has 1 N–H and O–H groups in total. The lowest BCUT2D eigenvalue weighted by Crippen LogP contribution is -2.55. The molecule has 17 heavy (non-hydrogen) atoms. The first-order chi connectivity index (χ1) is 8.07. The Bertz CT molecular complexity index is 246. The molecule has 1 saturated heterocycles. The summed E-state index contributed by atoms with van der Waals surface area (Å²) in [5.74, 6) is 0.0751. The highest BCUT2D eigenvalue weighted by Crippen LogP contribution is 2.18. The maximum absolute atomic E-state index is 12.3. The zero-order valence-corrected chi connectivity index (χ0v) is 11.1. The van der Waals surface area contributed by atoms with E-state index in [0.717, 1.165) is 26.2 Å². The van der Waals surface area contributed by atoms with Crippen molar-refractivity contribution in [2.45, 2.75) is 25.9 Å². The zero-order valence-electron chi connectivity index (χ0n) is 11.1. The summed E-state index contributed by atoms with van der Waals surface area (Å²) in [4.78, 5) is 16.3. The van der Waals surface area contributed by atoms with E-state index in [-0.39, 0.29) is 12.5 Å². The molecule has 0 saturated carbocycles. The van der Waals surface area contributed by atoms with Crippen LogP contribution in [0.3, 0.4) is 0 Å². The molecule has 0 aliphatic carbocycles. The van der Waals surface area contributed by atoms with Gasteiger partial charge in [-0.25, -0.2) is 0 Å². The largest absolute Gasteiger partial charge is 0.395 e. The van der Waals surface area contributed by atoms with Crippen LogP contribution < -0.4 is 0 Å². The topological polar surface area (TPSA) is 53.0 Å². The smallest absolute Gasteiger partial charge is 0.254 e. The summed E-state index contributed by atoms with van der Waals surface area (Å²) in [5, 5.41) is 8.86. The Kier molecular flexibility index (Phi) is 5.36. The molecule has 0 aromatic heterocycles. The number of nitrogens with zero attached hydrogens (tertiary/aromatic N) is 2. The van der Waals surface area contributed by atoms with E-state index < -0.39 is 5.60 Å². The van der Waals surface area contributed by atoms with Crippen molar-refractivity contribution in [3.8, 4) is 0 Å². The van der Waals surface area contributed by atoms with E-state index in [9.17, 15) is 4.79 Å². The molecule has 0 spiro atoms. The van der Waals surface area contributed by atoms with Gasteiger partial charge in [-0.2, -0.15) is 0 Å². The molecule has 1 aliphatic rings. The second kappa shape index (κ2) is 6.33. The van der Waals surface area contributed by atoms with Crippen molar-refractivity contribution in [1.82, 2.24) is 9.80 Å². The molecule has 5 nitrogen and oxygen atoms in total. The van der Waals surface area contributed by atoms with Crippen LogP contribution in [0.4, 0.5) is 0 Å². The Morgan fingerprint density at radius 1 is 1.35 bits per heavy atom. The highest BCUT2D eigenvalue weighted by molar-refractivity contribution is 5.84. The zero-order chi connectivity index (χ0) is 12.9. The summed E-state index contributed by atoms with van der Waals surface area (Å²) in [6.45, 7) is 7.77. The highest BCUT2D eigenvalue weighted by atomic mass is 16.5. The van der Waals surface area contributed by atoms with Crippen LogP contribution in [0.2, 0.25) is 0 Å². The van der Waals surface area contributed by atoms with Gasteiger partial charge in [-0.05, 0) is 13.3 Å². The number of aliphatic hydroxyl groups excluding tert-OH is 1. The fraction of sp³-hybridized carbons (Fsp3) is 0.917. The van der Waals surface area contributed by atoms with Crippen LogP contribution in [0.5, 0.6) is 0 Å². The van der Waals surface area contributed by atoms with Gasteiger partial charge in [0.05, 0.1) is 6.61 Å². The third-order valence-electron chi connectivity index (χ3n) is 3.65. The van der Waals surface area contributed by atoms with Gasteiger partial charge in [0.2, 0.25) is 0 Å². The molecule has 0 aromatic rings. The number of aliphatic hydroxyl groups is 1. The number of methoxy groups -OCH3 is 1. The molecule has 1 atom stereocenters. The minimum absolute atomic E-state index is 0.0751. The molecule has 1 aliphatic heterocycles. The van der Waals surface area contributed by atoms with E-state index >= 15 is 0 Å². The summed E-state index contributed by atoms with van der Waals surface area (Å²) in [6.07, 6.45) is 0.680. The molecule has 1 rings (SSSR count). The van der Waals surface area contributed by atoms with Gasteiger partial charge < -0.3 is 14.7 Å². The van der Waals surface area contributed by atoms with E-state index in [1.54, 1.807) is 7.11 Å². The Morgan fingerprint density at radius 3 is 2.35 bits per heavy atom. The molecule has 5 heteroatoms. The maximum Gasteiger partial charge on any atom is 0.254 e. The minimum Gasteiger partial charge on any atom is -0.395 e. The van der Waals surface area contributed by atoms with E-state index in [0.29, 0.717) is 13.0 Å². The van der Waals surface area contributed by atoms with Crippen LogP contribution in [-0.2, 0) is 9.53 Å². The Hall–Kier alpha value is -0.650. The molecule has 1 amide bonds. The lowest BCUT2D eigenvalue weighted by atomic mass is 10.0. The summed E-state index contributed by atoms with van der Waals surface area (Å²) < 4.78 is 5.33.